The van der Waals surface area contributed by atoms with Gasteiger partial charge in [0.2, 0.25) is 5.95 Å². The van der Waals surface area contributed by atoms with Gasteiger partial charge in [0, 0.05) is 36.1 Å². The highest BCUT2D eigenvalue weighted by Crippen LogP contribution is 2.29. The van der Waals surface area contributed by atoms with Crippen molar-refractivity contribution in [1.29, 1.82) is 5.26 Å². The number of anilines is 3. The van der Waals surface area contributed by atoms with E-state index < -0.39 is 0 Å². The van der Waals surface area contributed by atoms with Gasteiger partial charge in [-0.3, -0.25) is 0 Å². The number of nitriles is 1. The zero-order chi connectivity index (χ0) is 20.4. The summed E-state index contributed by atoms with van der Waals surface area (Å²) in [6.45, 7) is 1.91. The van der Waals surface area contributed by atoms with E-state index in [0.29, 0.717) is 17.3 Å². The zero-order valence-electron chi connectivity index (χ0n) is 16.3. The van der Waals surface area contributed by atoms with E-state index in [-0.39, 0.29) is 0 Å². The first kappa shape index (κ1) is 18.3. The summed E-state index contributed by atoms with van der Waals surface area (Å²) in [5.74, 6) is 1.90. The summed E-state index contributed by atoms with van der Waals surface area (Å²) in [5.41, 5.74) is 3.80. The predicted molar refractivity (Wildman–Crippen MR) is 112 cm³/mol. The lowest BCUT2D eigenvalue weighted by Crippen LogP contribution is -2.04. The number of hydrogen-bond acceptors (Lipinski definition) is 7. The summed E-state index contributed by atoms with van der Waals surface area (Å²) < 4.78 is 7.26. The Balaban J connectivity index is 1.74. The molecule has 2 aromatic carbocycles. The molecule has 0 fully saturated rings. The number of nitrogens with zero attached hydrogens (tertiary/aromatic N) is 5. The monoisotopic (exact) mass is 385 g/mol. The molecule has 4 rings (SSSR count). The molecule has 8 heteroatoms. The molecule has 0 saturated heterocycles. The van der Waals surface area contributed by atoms with E-state index in [9.17, 15) is 0 Å². The maximum Gasteiger partial charge on any atom is 0.229 e. The number of aryl methyl sites for hydroxylation is 1. The van der Waals surface area contributed by atoms with Gasteiger partial charge >= 0.3 is 0 Å². The summed E-state index contributed by atoms with van der Waals surface area (Å²) in [5, 5.41) is 20.9. The first-order valence-corrected chi connectivity index (χ1v) is 8.98. The fraction of sp³-hybridized carbons (Fsp3) is 0.143. The molecule has 0 spiro atoms. The van der Waals surface area contributed by atoms with Crippen molar-refractivity contribution < 1.29 is 4.74 Å². The lowest BCUT2D eigenvalue weighted by atomic mass is 10.2. The van der Waals surface area contributed by atoms with Gasteiger partial charge in [-0.15, -0.1) is 0 Å². The van der Waals surface area contributed by atoms with Crippen LogP contribution in [0.3, 0.4) is 0 Å². The zero-order valence-corrected chi connectivity index (χ0v) is 16.3. The van der Waals surface area contributed by atoms with Crippen molar-refractivity contribution in [3.8, 4) is 17.5 Å². The normalized spacial score (nSPS) is 10.6. The molecule has 0 saturated carbocycles. The number of hydrogen-bond donors (Lipinski definition) is 2. The molecule has 0 aliphatic rings. The highest BCUT2D eigenvalue weighted by Gasteiger charge is 2.11. The van der Waals surface area contributed by atoms with Crippen LogP contribution in [-0.2, 0) is 0 Å². The van der Waals surface area contributed by atoms with E-state index in [1.165, 1.54) is 0 Å². The number of nitrogens with one attached hydrogen (secondary N) is 2. The summed E-state index contributed by atoms with van der Waals surface area (Å²) in [4.78, 5) is 8.86. The molecule has 0 bridgehead atoms. The second kappa shape index (κ2) is 7.48. The van der Waals surface area contributed by atoms with Crippen LogP contribution in [-0.4, -0.2) is 33.9 Å². The third-order valence-corrected chi connectivity index (χ3v) is 4.43. The molecule has 0 unspecified atom stereocenters. The maximum absolute atomic E-state index is 9.11. The van der Waals surface area contributed by atoms with Crippen LogP contribution in [0.2, 0.25) is 0 Å². The first-order valence-electron chi connectivity index (χ1n) is 8.98. The standard InChI is InChI=1S/C21H19N7O/c1-13-8-20(23-2)26-21(24-13)25-16-5-7-19(29-3)18(10-16)28-12-15-9-14(11-22)4-6-17(15)27-28/h4-10,12H,1-3H3,(H2,23,24,25,26). The Morgan fingerprint density at radius 1 is 1.10 bits per heavy atom. The molecule has 144 valence electrons. The Labute approximate surface area is 167 Å². The molecule has 0 aliphatic heterocycles. The van der Waals surface area contributed by atoms with E-state index in [1.807, 2.05) is 56.6 Å². The highest BCUT2D eigenvalue weighted by atomic mass is 16.5. The molecule has 0 atom stereocenters. The molecule has 4 aromatic rings. The van der Waals surface area contributed by atoms with E-state index in [2.05, 4.69) is 31.8 Å². The van der Waals surface area contributed by atoms with Crippen molar-refractivity contribution in [1.82, 2.24) is 19.7 Å². The van der Waals surface area contributed by atoms with Crippen LogP contribution in [0.4, 0.5) is 17.5 Å². The van der Waals surface area contributed by atoms with Crippen LogP contribution in [0, 0.1) is 18.3 Å². The smallest absolute Gasteiger partial charge is 0.229 e. The Hall–Kier alpha value is -4.12. The number of fused-ring (bicyclic) bond motifs is 1. The number of aromatic nitrogens is 4. The van der Waals surface area contributed by atoms with Gasteiger partial charge in [0.1, 0.15) is 17.3 Å². The third-order valence-electron chi connectivity index (χ3n) is 4.43. The maximum atomic E-state index is 9.11. The quantitative estimate of drug-likeness (QED) is 0.539. The molecule has 2 heterocycles. The van der Waals surface area contributed by atoms with Crippen molar-refractivity contribution in [3.63, 3.8) is 0 Å². The Kier molecular flexibility index (Phi) is 4.71. The predicted octanol–water partition coefficient (Wildman–Crippen LogP) is 3.79. The summed E-state index contributed by atoms with van der Waals surface area (Å²) >= 11 is 0. The van der Waals surface area contributed by atoms with Crippen LogP contribution in [0.15, 0.2) is 48.7 Å². The molecular weight excluding hydrogens is 366 g/mol. The van der Waals surface area contributed by atoms with Crippen LogP contribution in [0.1, 0.15) is 11.3 Å². The van der Waals surface area contributed by atoms with Crippen molar-refractivity contribution in [2.24, 2.45) is 0 Å². The van der Waals surface area contributed by atoms with Crippen LogP contribution < -0.4 is 15.4 Å². The van der Waals surface area contributed by atoms with Crippen molar-refractivity contribution in [3.05, 3.63) is 59.9 Å². The molecule has 2 aromatic heterocycles. The fourth-order valence-electron chi connectivity index (χ4n) is 3.05. The van der Waals surface area contributed by atoms with E-state index in [4.69, 9.17) is 10.00 Å². The molecular formula is C21H19N7O. The van der Waals surface area contributed by atoms with E-state index >= 15 is 0 Å². The minimum atomic E-state index is 0.495. The molecule has 0 amide bonds. The van der Waals surface area contributed by atoms with Crippen molar-refractivity contribution >= 4 is 28.4 Å². The minimum Gasteiger partial charge on any atom is -0.494 e. The van der Waals surface area contributed by atoms with Gasteiger partial charge in [0.25, 0.3) is 0 Å². The SMILES string of the molecule is CNc1cc(C)nc(Nc2ccc(OC)c(-n3cc4cc(C#N)ccc4n3)c2)n1. The number of methoxy groups -OCH3 is 1. The van der Waals surface area contributed by atoms with Gasteiger partial charge in [0.15, 0.2) is 0 Å². The second-order valence-corrected chi connectivity index (χ2v) is 6.44. The van der Waals surface area contributed by atoms with Gasteiger partial charge in [-0.25, -0.2) is 9.67 Å². The van der Waals surface area contributed by atoms with E-state index in [1.54, 1.807) is 17.9 Å². The number of benzene rings is 2. The number of rotatable bonds is 5. The summed E-state index contributed by atoms with van der Waals surface area (Å²) in [6.07, 6.45) is 1.88. The Bertz CT molecular complexity index is 1240. The summed E-state index contributed by atoms with van der Waals surface area (Å²) in [6, 6.07) is 15.1. The van der Waals surface area contributed by atoms with Crippen molar-refractivity contribution in [2.75, 3.05) is 24.8 Å². The molecule has 0 aliphatic carbocycles. The fourth-order valence-corrected chi connectivity index (χ4v) is 3.05. The van der Waals surface area contributed by atoms with Crippen LogP contribution >= 0.6 is 0 Å². The second-order valence-electron chi connectivity index (χ2n) is 6.44. The van der Waals surface area contributed by atoms with Gasteiger partial charge in [-0.2, -0.15) is 15.3 Å². The minimum absolute atomic E-state index is 0.495. The largest absolute Gasteiger partial charge is 0.494 e. The molecule has 29 heavy (non-hydrogen) atoms. The van der Waals surface area contributed by atoms with Gasteiger partial charge in [-0.05, 0) is 43.3 Å². The van der Waals surface area contributed by atoms with Crippen LogP contribution in [0.25, 0.3) is 16.6 Å². The Morgan fingerprint density at radius 3 is 2.72 bits per heavy atom. The lowest BCUT2D eigenvalue weighted by molar-refractivity contribution is 0.412. The van der Waals surface area contributed by atoms with Gasteiger partial charge < -0.3 is 15.4 Å². The number of ether oxygens (including phenoxy) is 1. The van der Waals surface area contributed by atoms with Gasteiger partial charge in [-0.1, -0.05) is 0 Å². The van der Waals surface area contributed by atoms with Crippen molar-refractivity contribution in [2.45, 2.75) is 6.92 Å². The average molecular weight is 385 g/mol. The molecule has 0 radical (unpaired) electrons. The average Bonchev–Trinajstić information content (AvgIpc) is 3.16. The van der Waals surface area contributed by atoms with Gasteiger partial charge in [0.05, 0.1) is 24.3 Å². The summed E-state index contributed by atoms with van der Waals surface area (Å²) in [7, 11) is 3.43. The highest BCUT2D eigenvalue weighted by molar-refractivity contribution is 5.80. The lowest BCUT2D eigenvalue weighted by Gasteiger charge is -2.12. The first-order chi connectivity index (χ1) is 14.1. The third kappa shape index (κ3) is 3.66. The molecule has 2 N–H and O–H groups in total. The van der Waals surface area contributed by atoms with Crippen LogP contribution in [0.5, 0.6) is 5.75 Å². The molecule has 8 nitrogen and oxygen atoms in total. The Morgan fingerprint density at radius 2 is 1.97 bits per heavy atom. The topological polar surface area (TPSA) is 101 Å². The van der Waals surface area contributed by atoms with E-state index in [0.717, 1.165) is 33.8 Å².